The van der Waals surface area contributed by atoms with Crippen LogP contribution in [-0.2, 0) is 21.3 Å². The van der Waals surface area contributed by atoms with E-state index in [1.165, 1.54) is 4.31 Å². The molecule has 1 N–H and O–H groups in total. The molecule has 158 valence electrons. The van der Waals surface area contributed by atoms with Gasteiger partial charge in [-0.1, -0.05) is 12.1 Å². The molecule has 8 nitrogen and oxygen atoms in total. The van der Waals surface area contributed by atoms with Crippen molar-refractivity contribution in [1.82, 2.24) is 14.6 Å². The molecule has 9 heteroatoms. The van der Waals surface area contributed by atoms with Gasteiger partial charge in [0.15, 0.2) is 11.3 Å². The van der Waals surface area contributed by atoms with Crippen molar-refractivity contribution < 1.29 is 22.4 Å². The molecule has 1 amide bonds. The molecule has 1 saturated heterocycles. The van der Waals surface area contributed by atoms with Crippen molar-refractivity contribution in [3.05, 3.63) is 60.1 Å². The lowest BCUT2D eigenvalue weighted by molar-refractivity contribution is 0.0632. The van der Waals surface area contributed by atoms with E-state index in [0.717, 1.165) is 10.9 Å². The van der Waals surface area contributed by atoms with E-state index in [1.807, 2.05) is 0 Å². The van der Waals surface area contributed by atoms with Crippen molar-refractivity contribution in [2.45, 2.75) is 30.3 Å². The fraction of sp³-hybridized carbons (Fsp3) is 0.333. The van der Waals surface area contributed by atoms with Crippen LogP contribution in [0.5, 0.6) is 0 Å². The summed E-state index contributed by atoms with van der Waals surface area (Å²) >= 11 is 0. The van der Waals surface area contributed by atoms with Crippen molar-refractivity contribution in [3.8, 4) is 0 Å². The minimum atomic E-state index is -3.57. The number of hydrogen-bond donors (Lipinski definition) is 1. The molecule has 0 aliphatic carbocycles. The van der Waals surface area contributed by atoms with Gasteiger partial charge in [0.25, 0.3) is 5.91 Å². The third-order valence-electron chi connectivity index (χ3n) is 5.31. The molecule has 0 saturated carbocycles. The standard InChI is InChI=1S/C21H23N3O5S/c1-24(17-7-10-28-11-8-17)30(26,27)18-4-2-15(3-5-18)13-23-21(25)19-12-16-6-9-22-14-20(16)29-19/h2-6,9,12,14,17H,7-8,10-11,13H2,1H3,(H,23,25). The first kappa shape index (κ1) is 20.5. The summed E-state index contributed by atoms with van der Waals surface area (Å²) in [5, 5.41) is 3.59. The highest BCUT2D eigenvalue weighted by Crippen LogP contribution is 2.22. The topological polar surface area (TPSA) is 102 Å². The lowest BCUT2D eigenvalue weighted by Gasteiger charge is -2.30. The summed E-state index contributed by atoms with van der Waals surface area (Å²) in [6.45, 7) is 1.40. The average Bonchev–Trinajstić information content (AvgIpc) is 3.22. The molecule has 4 rings (SSSR count). The Morgan fingerprint density at radius 2 is 1.93 bits per heavy atom. The van der Waals surface area contributed by atoms with Gasteiger partial charge in [-0.2, -0.15) is 4.31 Å². The summed E-state index contributed by atoms with van der Waals surface area (Å²) in [5.41, 5.74) is 1.33. The van der Waals surface area contributed by atoms with E-state index >= 15 is 0 Å². The second kappa shape index (κ2) is 8.55. The molecule has 30 heavy (non-hydrogen) atoms. The molecule has 1 fully saturated rings. The molecule has 0 radical (unpaired) electrons. The SMILES string of the molecule is CN(C1CCOCC1)S(=O)(=O)c1ccc(CNC(=O)c2cc3ccncc3o2)cc1. The van der Waals surface area contributed by atoms with Gasteiger partial charge in [-0.3, -0.25) is 9.78 Å². The van der Waals surface area contributed by atoms with Gasteiger partial charge in [0.05, 0.1) is 11.1 Å². The van der Waals surface area contributed by atoms with Crippen LogP contribution in [0.2, 0.25) is 0 Å². The minimum absolute atomic E-state index is 0.0540. The largest absolute Gasteiger partial charge is 0.449 e. The van der Waals surface area contributed by atoms with Crippen molar-refractivity contribution >= 4 is 26.9 Å². The van der Waals surface area contributed by atoms with Crippen molar-refractivity contribution in [1.29, 1.82) is 0 Å². The molecule has 3 heterocycles. The van der Waals surface area contributed by atoms with Gasteiger partial charge in [-0.05, 0) is 42.7 Å². The number of nitrogens with one attached hydrogen (secondary N) is 1. The molecule has 3 aromatic rings. The van der Waals surface area contributed by atoms with Gasteiger partial charge in [0.2, 0.25) is 10.0 Å². The number of amides is 1. The number of aromatic nitrogens is 1. The number of sulfonamides is 1. The summed E-state index contributed by atoms with van der Waals surface area (Å²) in [6.07, 6.45) is 4.58. The number of hydrogen-bond acceptors (Lipinski definition) is 6. The van der Waals surface area contributed by atoms with E-state index in [2.05, 4.69) is 10.3 Å². The number of carbonyl (C=O) groups is 1. The summed E-state index contributed by atoms with van der Waals surface area (Å²) in [7, 11) is -1.96. The highest BCUT2D eigenvalue weighted by atomic mass is 32.2. The molecular weight excluding hydrogens is 406 g/mol. The minimum Gasteiger partial charge on any atom is -0.449 e. The number of benzene rings is 1. The van der Waals surface area contributed by atoms with Crippen LogP contribution in [0.3, 0.4) is 0 Å². The fourth-order valence-corrected chi connectivity index (χ4v) is 4.87. The first-order valence-corrected chi connectivity index (χ1v) is 11.2. The van der Waals surface area contributed by atoms with Crippen molar-refractivity contribution in [2.24, 2.45) is 0 Å². The maximum Gasteiger partial charge on any atom is 0.287 e. The molecule has 0 spiro atoms. The molecule has 1 aromatic carbocycles. The zero-order chi connectivity index (χ0) is 21.1. The smallest absolute Gasteiger partial charge is 0.287 e. The Hall–Kier alpha value is -2.75. The number of fused-ring (bicyclic) bond motifs is 1. The van der Waals surface area contributed by atoms with Crippen LogP contribution in [0, 0.1) is 0 Å². The first-order valence-electron chi connectivity index (χ1n) is 9.71. The summed E-state index contributed by atoms with van der Waals surface area (Å²) in [4.78, 5) is 16.5. The van der Waals surface area contributed by atoms with Gasteiger partial charge in [0, 0.05) is 44.4 Å². The molecule has 1 aliphatic heterocycles. The fourth-order valence-electron chi connectivity index (χ4n) is 3.46. The van der Waals surface area contributed by atoms with Gasteiger partial charge in [-0.25, -0.2) is 8.42 Å². The van der Waals surface area contributed by atoms with Crippen LogP contribution in [-0.4, -0.2) is 49.9 Å². The zero-order valence-corrected chi connectivity index (χ0v) is 17.4. The Kier molecular flexibility index (Phi) is 5.85. The Labute approximate surface area is 174 Å². The quantitative estimate of drug-likeness (QED) is 0.646. The van der Waals surface area contributed by atoms with Crippen LogP contribution in [0.1, 0.15) is 29.0 Å². The van der Waals surface area contributed by atoms with Crippen LogP contribution < -0.4 is 5.32 Å². The normalized spacial score (nSPS) is 15.5. The second-order valence-electron chi connectivity index (χ2n) is 7.22. The number of ether oxygens (including phenoxy) is 1. The third kappa shape index (κ3) is 4.23. The average molecular weight is 429 g/mol. The zero-order valence-electron chi connectivity index (χ0n) is 16.6. The van der Waals surface area contributed by atoms with E-state index in [9.17, 15) is 13.2 Å². The van der Waals surface area contributed by atoms with E-state index in [1.54, 1.807) is 55.8 Å². The van der Waals surface area contributed by atoms with E-state index in [-0.39, 0.29) is 29.1 Å². The number of nitrogens with zero attached hydrogens (tertiary/aromatic N) is 2. The van der Waals surface area contributed by atoms with Crippen LogP contribution in [0.25, 0.3) is 11.0 Å². The van der Waals surface area contributed by atoms with E-state index in [0.29, 0.717) is 31.6 Å². The van der Waals surface area contributed by atoms with Crippen LogP contribution in [0.4, 0.5) is 0 Å². The number of rotatable bonds is 6. The maximum absolute atomic E-state index is 12.9. The molecule has 0 bridgehead atoms. The number of furan rings is 1. The Morgan fingerprint density at radius 1 is 1.20 bits per heavy atom. The number of carbonyl (C=O) groups excluding carboxylic acids is 1. The summed E-state index contributed by atoms with van der Waals surface area (Å²) in [6, 6.07) is 9.92. The molecule has 1 aliphatic rings. The Balaban J connectivity index is 1.40. The van der Waals surface area contributed by atoms with E-state index in [4.69, 9.17) is 9.15 Å². The van der Waals surface area contributed by atoms with Gasteiger partial charge in [-0.15, -0.1) is 0 Å². The van der Waals surface area contributed by atoms with Gasteiger partial charge in [0.1, 0.15) is 0 Å². The van der Waals surface area contributed by atoms with Crippen LogP contribution in [0.15, 0.2) is 58.1 Å². The lowest BCUT2D eigenvalue weighted by atomic mass is 10.1. The number of pyridine rings is 1. The predicted octanol–water partition coefficient (Wildman–Crippen LogP) is 2.56. The summed E-state index contributed by atoms with van der Waals surface area (Å²) < 4.78 is 38.0. The highest BCUT2D eigenvalue weighted by molar-refractivity contribution is 7.89. The Bertz CT molecular complexity index is 1100. The summed E-state index contributed by atoms with van der Waals surface area (Å²) in [5.74, 6) is -0.141. The maximum atomic E-state index is 12.9. The predicted molar refractivity (Wildman–Crippen MR) is 110 cm³/mol. The molecular formula is C21H23N3O5S. The van der Waals surface area contributed by atoms with Gasteiger partial charge < -0.3 is 14.5 Å². The van der Waals surface area contributed by atoms with E-state index < -0.39 is 10.0 Å². The lowest BCUT2D eigenvalue weighted by Crippen LogP contribution is -2.40. The third-order valence-corrected chi connectivity index (χ3v) is 7.23. The molecule has 0 unspecified atom stereocenters. The highest BCUT2D eigenvalue weighted by Gasteiger charge is 2.29. The van der Waals surface area contributed by atoms with Crippen molar-refractivity contribution in [2.75, 3.05) is 20.3 Å². The molecule has 0 atom stereocenters. The van der Waals surface area contributed by atoms with Crippen LogP contribution >= 0.6 is 0 Å². The second-order valence-corrected chi connectivity index (χ2v) is 9.21. The first-order chi connectivity index (χ1) is 14.4. The van der Waals surface area contributed by atoms with Crippen molar-refractivity contribution in [3.63, 3.8) is 0 Å². The molecule has 2 aromatic heterocycles. The monoisotopic (exact) mass is 429 g/mol. The van der Waals surface area contributed by atoms with Gasteiger partial charge >= 0.3 is 0 Å². The Morgan fingerprint density at radius 3 is 2.63 bits per heavy atom.